The summed E-state index contributed by atoms with van der Waals surface area (Å²) in [6, 6.07) is 0. The Kier molecular flexibility index (Phi) is 11.5. The fourth-order valence-corrected chi connectivity index (χ4v) is 11.6. The Morgan fingerprint density at radius 3 is 2.25 bits per heavy atom. The Bertz CT molecular complexity index is 1040. The Hall–Kier alpha value is -1.47. The largest absolute Gasteiger partial charge is 0.459 e. The average molecular weight is 621 g/mol. The fourth-order valence-electron chi connectivity index (χ4n) is 11.6. The molecule has 5 saturated carbocycles. The summed E-state index contributed by atoms with van der Waals surface area (Å²) in [5.74, 6) is 1.61. The number of carbonyl (C=O) groups is 3. The summed E-state index contributed by atoms with van der Waals surface area (Å²) in [4.78, 5) is 40.2. The molecule has 0 spiro atoms. The van der Waals surface area contributed by atoms with Crippen molar-refractivity contribution in [3.05, 3.63) is 0 Å². The molecule has 0 aromatic heterocycles. The molecule has 0 aromatic carbocycles. The molecule has 7 nitrogen and oxygen atoms in total. The van der Waals surface area contributed by atoms with Gasteiger partial charge in [0.1, 0.15) is 5.60 Å². The maximum Gasteiger partial charge on any atom is 0.320 e. The number of rotatable bonds is 7. The number of hydrogen-bond acceptors (Lipinski definition) is 7. The van der Waals surface area contributed by atoms with Crippen molar-refractivity contribution in [1.82, 2.24) is 0 Å². The third kappa shape index (κ3) is 5.48. The van der Waals surface area contributed by atoms with Gasteiger partial charge in [-0.25, -0.2) is 0 Å². The lowest BCUT2D eigenvalue weighted by molar-refractivity contribution is -0.222. The predicted octanol–water partition coefficient (Wildman–Crippen LogP) is 8.08. The molecule has 5 aliphatic carbocycles. The van der Waals surface area contributed by atoms with Crippen LogP contribution < -0.4 is 0 Å². The van der Waals surface area contributed by atoms with E-state index in [9.17, 15) is 14.4 Å². The molecule has 4 bridgehead atoms. The summed E-state index contributed by atoms with van der Waals surface area (Å²) in [5.41, 5.74) is -0.268. The standard InChI is InChI=1S/C33H48O7.4CH4/c1-5-33(15-19-14-24(33)21-9-7-8-20(19)21)40-30(34)23-13-18-12-22(23)17(4)26(18)27-28(32(36)39-31(27)35)29-16(3)10-11-25(38-29)37-6-2;;;;/h16-29H,5-15H2,1-4H3;4*1H4. The van der Waals surface area contributed by atoms with E-state index in [0.717, 1.165) is 56.3 Å². The SMILES string of the molecule is C.C.C.C.CCOC1CCC(C)C(C2C(=O)OC(=O)C2C2C3CC(C(=O)OC4(CC)CC5CC4C4CCCC54)C(C3)C2C)O1. The first-order valence-electron chi connectivity index (χ1n) is 16.5. The van der Waals surface area contributed by atoms with Crippen LogP contribution >= 0.6 is 0 Å². The zero-order valence-electron chi connectivity index (χ0n) is 24.7. The van der Waals surface area contributed by atoms with Crippen molar-refractivity contribution in [2.24, 2.45) is 71.0 Å². The third-order valence-electron chi connectivity index (χ3n) is 13.2. The molecule has 7 rings (SSSR count). The molecule has 2 heterocycles. The van der Waals surface area contributed by atoms with E-state index in [4.69, 9.17) is 18.9 Å². The highest BCUT2D eigenvalue weighted by Crippen LogP contribution is 2.65. The van der Waals surface area contributed by atoms with Gasteiger partial charge in [0, 0.05) is 12.5 Å². The predicted molar refractivity (Wildman–Crippen MR) is 172 cm³/mol. The van der Waals surface area contributed by atoms with E-state index in [0.29, 0.717) is 12.5 Å². The fraction of sp³-hybridized carbons (Fsp3) is 0.919. The van der Waals surface area contributed by atoms with E-state index in [2.05, 4.69) is 20.8 Å². The zero-order valence-corrected chi connectivity index (χ0v) is 24.7. The van der Waals surface area contributed by atoms with Crippen molar-refractivity contribution >= 4 is 17.9 Å². The van der Waals surface area contributed by atoms with Crippen molar-refractivity contribution < 1.29 is 33.3 Å². The summed E-state index contributed by atoms with van der Waals surface area (Å²) < 4.78 is 24.0. The quantitative estimate of drug-likeness (QED) is 0.210. The summed E-state index contributed by atoms with van der Waals surface area (Å²) in [6.07, 6.45) is 9.88. The van der Waals surface area contributed by atoms with Gasteiger partial charge in [0.2, 0.25) is 0 Å². The van der Waals surface area contributed by atoms with Crippen molar-refractivity contribution in [2.75, 3.05) is 6.61 Å². The van der Waals surface area contributed by atoms with Gasteiger partial charge in [-0.2, -0.15) is 0 Å². The van der Waals surface area contributed by atoms with E-state index in [-0.39, 0.29) is 89.2 Å². The molecule has 15 atom stereocenters. The molecular formula is C37H64O7. The van der Waals surface area contributed by atoms with E-state index < -0.39 is 23.8 Å². The Morgan fingerprint density at radius 1 is 0.864 bits per heavy atom. The van der Waals surface area contributed by atoms with Gasteiger partial charge < -0.3 is 18.9 Å². The maximum absolute atomic E-state index is 13.9. The summed E-state index contributed by atoms with van der Waals surface area (Å²) in [7, 11) is 0. The van der Waals surface area contributed by atoms with Crippen LogP contribution in [0.5, 0.6) is 0 Å². The Morgan fingerprint density at radius 2 is 1.57 bits per heavy atom. The topological polar surface area (TPSA) is 88.1 Å². The van der Waals surface area contributed by atoms with Crippen LogP contribution in [0.15, 0.2) is 0 Å². The van der Waals surface area contributed by atoms with Gasteiger partial charge in [-0.3, -0.25) is 14.4 Å². The summed E-state index contributed by atoms with van der Waals surface area (Å²) in [5, 5.41) is 0. The van der Waals surface area contributed by atoms with Crippen LogP contribution in [0.1, 0.15) is 122 Å². The maximum atomic E-state index is 13.9. The molecule has 0 N–H and O–H groups in total. The second kappa shape index (κ2) is 13.7. The molecule has 7 aliphatic rings. The van der Waals surface area contributed by atoms with Crippen LogP contribution in [0.25, 0.3) is 0 Å². The van der Waals surface area contributed by atoms with Gasteiger partial charge in [-0.1, -0.05) is 56.9 Å². The lowest BCUT2D eigenvalue weighted by Gasteiger charge is -2.44. The molecule has 0 aromatic rings. The van der Waals surface area contributed by atoms with Crippen LogP contribution in [-0.2, 0) is 33.3 Å². The van der Waals surface area contributed by atoms with Crippen LogP contribution in [0.2, 0.25) is 0 Å². The highest BCUT2D eigenvalue weighted by Gasteiger charge is 2.65. The zero-order chi connectivity index (χ0) is 27.9. The van der Waals surface area contributed by atoms with Gasteiger partial charge in [0.05, 0.1) is 23.9 Å². The van der Waals surface area contributed by atoms with Crippen molar-refractivity contribution in [3.8, 4) is 0 Å². The number of cyclic esters (lactones) is 2. The van der Waals surface area contributed by atoms with E-state index >= 15 is 0 Å². The highest BCUT2D eigenvalue weighted by atomic mass is 16.7. The molecule has 7 fully saturated rings. The summed E-state index contributed by atoms with van der Waals surface area (Å²) >= 11 is 0. The number of carbonyl (C=O) groups excluding carboxylic acids is 3. The molecule has 0 radical (unpaired) electrons. The number of ether oxygens (including phenoxy) is 4. The van der Waals surface area contributed by atoms with E-state index in [1.54, 1.807) is 0 Å². The first-order chi connectivity index (χ1) is 19.3. The summed E-state index contributed by atoms with van der Waals surface area (Å²) in [6.45, 7) is 8.99. The van der Waals surface area contributed by atoms with E-state index in [1.807, 2.05) is 6.92 Å². The normalized spacial score (nSPS) is 48.0. The minimum Gasteiger partial charge on any atom is -0.459 e. The second-order valence-corrected chi connectivity index (χ2v) is 14.7. The Balaban J connectivity index is 0.00000132. The number of hydrogen-bond donors (Lipinski definition) is 0. The lowest BCUT2D eigenvalue weighted by Crippen LogP contribution is -2.48. The first kappa shape index (κ1) is 37.0. The first-order valence-corrected chi connectivity index (χ1v) is 16.5. The highest BCUT2D eigenvalue weighted by molar-refractivity contribution is 5.97. The second-order valence-electron chi connectivity index (χ2n) is 14.7. The minimum atomic E-state index is -0.597. The molecule has 2 saturated heterocycles. The molecular weight excluding hydrogens is 556 g/mol. The van der Waals surface area contributed by atoms with Gasteiger partial charge in [0.25, 0.3) is 0 Å². The van der Waals surface area contributed by atoms with Crippen molar-refractivity contribution in [2.45, 2.75) is 140 Å². The van der Waals surface area contributed by atoms with Gasteiger partial charge in [-0.05, 0) is 112 Å². The van der Waals surface area contributed by atoms with Crippen LogP contribution in [0.3, 0.4) is 0 Å². The number of fused-ring (bicyclic) bond motifs is 7. The van der Waals surface area contributed by atoms with E-state index in [1.165, 1.54) is 25.7 Å². The van der Waals surface area contributed by atoms with Crippen LogP contribution in [0.4, 0.5) is 0 Å². The molecule has 44 heavy (non-hydrogen) atoms. The lowest BCUT2D eigenvalue weighted by atomic mass is 9.65. The minimum absolute atomic E-state index is 0. The Labute approximate surface area is 268 Å². The monoisotopic (exact) mass is 620 g/mol. The molecule has 254 valence electrons. The molecule has 2 aliphatic heterocycles. The van der Waals surface area contributed by atoms with Gasteiger partial charge in [0.15, 0.2) is 6.29 Å². The average Bonchev–Trinajstić information content (AvgIpc) is 3.75. The smallest absolute Gasteiger partial charge is 0.320 e. The van der Waals surface area contributed by atoms with Crippen LogP contribution in [-0.4, -0.2) is 42.5 Å². The third-order valence-corrected chi connectivity index (χ3v) is 13.2. The molecule has 7 heteroatoms. The number of esters is 3. The molecule has 0 amide bonds. The van der Waals surface area contributed by atoms with Crippen molar-refractivity contribution in [3.63, 3.8) is 0 Å². The van der Waals surface area contributed by atoms with Gasteiger partial charge >= 0.3 is 17.9 Å². The van der Waals surface area contributed by atoms with Crippen LogP contribution in [0, 0.1) is 71.0 Å². The van der Waals surface area contributed by atoms with Gasteiger partial charge in [-0.15, -0.1) is 0 Å². The van der Waals surface area contributed by atoms with Crippen molar-refractivity contribution in [1.29, 1.82) is 0 Å². The molecule has 15 unspecified atom stereocenters.